The first-order chi connectivity index (χ1) is 15.2. The first-order valence-electron chi connectivity index (χ1n) is 11.7. The molecule has 0 unspecified atom stereocenters. The van der Waals surface area contributed by atoms with Crippen LogP contribution in [-0.2, 0) is 0 Å². The van der Waals surface area contributed by atoms with Gasteiger partial charge in [-0.05, 0) is 31.0 Å². The summed E-state index contributed by atoms with van der Waals surface area (Å²) in [4.78, 5) is 28.5. The zero-order valence-corrected chi connectivity index (χ0v) is 18.1. The third kappa shape index (κ3) is 5.63. The summed E-state index contributed by atoms with van der Waals surface area (Å²) in [5, 5.41) is 5.88. The van der Waals surface area contributed by atoms with Crippen molar-refractivity contribution < 1.29 is 4.79 Å². The predicted molar refractivity (Wildman–Crippen MR) is 123 cm³/mol. The highest BCUT2D eigenvalue weighted by molar-refractivity contribution is 5.95. The van der Waals surface area contributed by atoms with Gasteiger partial charge in [0.2, 0.25) is 0 Å². The van der Waals surface area contributed by atoms with Crippen LogP contribution >= 0.6 is 0 Å². The number of hydrogen-bond acceptors (Lipinski definition) is 3. The van der Waals surface area contributed by atoms with Gasteiger partial charge in [0.1, 0.15) is 0 Å². The van der Waals surface area contributed by atoms with Crippen molar-refractivity contribution in [2.24, 2.45) is 0 Å². The van der Waals surface area contributed by atoms with Crippen molar-refractivity contribution in [1.82, 2.24) is 19.9 Å². The summed E-state index contributed by atoms with van der Waals surface area (Å²) in [5.74, 6) is -0.0453. The fourth-order valence-corrected chi connectivity index (χ4v) is 4.50. The lowest BCUT2D eigenvalue weighted by molar-refractivity contribution is 0.0927. The fourth-order valence-electron chi connectivity index (χ4n) is 4.50. The van der Waals surface area contributed by atoms with E-state index in [1.807, 2.05) is 24.3 Å². The molecule has 164 valence electrons. The van der Waals surface area contributed by atoms with E-state index in [2.05, 4.69) is 15.4 Å². The highest BCUT2D eigenvalue weighted by Gasteiger charge is 2.17. The predicted octanol–water partition coefficient (Wildman–Crippen LogP) is 5.09. The molecule has 1 aromatic carbocycles. The molecule has 1 amide bonds. The Balaban J connectivity index is 0.000000334. The van der Waals surface area contributed by atoms with Crippen LogP contribution < -0.4 is 10.9 Å². The van der Waals surface area contributed by atoms with Crippen LogP contribution in [0.3, 0.4) is 0 Å². The lowest BCUT2D eigenvalue weighted by Crippen LogP contribution is -2.36. The summed E-state index contributed by atoms with van der Waals surface area (Å²) >= 11 is 0. The Morgan fingerprint density at radius 2 is 1.61 bits per heavy atom. The van der Waals surface area contributed by atoms with Crippen LogP contribution in [0.2, 0.25) is 0 Å². The van der Waals surface area contributed by atoms with Crippen LogP contribution in [0, 0.1) is 0 Å². The number of aromatic amines is 1. The third-order valence-corrected chi connectivity index (χ3v) is 6.26. The number of benzene rings is 1. The molecule has 6 nitrogen and oxygen atoms in total. The van der Waals surface area contributed by atoms with Crippen molar-refractivity contribution in [2.75, 3.05) is 0 Å². The van der Waals surface area contributed by atoms with Gasteiger partial charge >= 0.3 is 0 Å². The molecule has 5 rings (SSSR count). The molecule has 2 heterocycles. The van der Waals surface area contributed by atoms with Crippen LogP contribution in [0.5, 0.6) is 0 Å². The van der Waals surface area contributed by atoms with E-state index in [0.717, 1.165) is 24.1 Å². The van der Waals surface area contributed by atoms with Gasteiger partial charge in [-0.15, -0.1) is 0 Å². The molecular formula is C25H32N4O2. The summed E-state index contributed by atoms with van der Waals surface area (Å²) in [5.41, 5.74) is 2.67. The molecule has 2 aliphatic carbocycles. The number of carbonyl (C=O) groups excluding carboxylic acids is 1. The number of aromatic nitrogens is 3. The quantitative estimate of drug-likeness (QED) is 0.619. The van der Waals surface area contributed by atoms with E-state index in [1.165, 1.54) is 63.9 Å². The van der Waals surface area contributed by atoms with Gasteiger partial charge in [0.05, 0.1) is 11.9 Å². The van der Waals surface area contributed by atoms with Gasteiger partial charge in [-0.3, -0.25) is 14.7 Å². The number of H-pyrrole nitrogens is 1. The smallest absolute Gasteiger partial charge is 0.263 e. The molecule has 2 aromatic heterocycles. The van der Waals surface area contributed by atoms with Gasteiger partial charge in [0.25, 0.3) is 11.5 Å². The Hall–Kier alpha value is -2.89. The molecule has 2 N–H and O–H groups in total. The lowest BCUT2D eigenvalue weighted by Gasteiger charge is -2.22. The Morgan fingerprint density at radius 1 is 0.935 bits per heavy atom. The number of nitrogens with zero attached hydrogens (tertiary/aromatic N) is 2. The molecule has 0 aliphatic heterocycles. The van der Waals surface area contributed by atoms with E-state index < -0.39 is 0 Å². The maximum Gasteiger partial charge on any atom is 0.263 e. The number of nitrogens with one attached hydrogen (secondary N) is 2. The van der Waals surface area contributed by atoms with Gasteiger partial charge in [0.15, 0.2) is 5.65 Å². The van der Waals surface area contributed by atoms with Gasteiger partial charge in [0, 0.05) is 23.2 Å². The van der Waals surface area contributed by atoms with E-state index in [4.69, 9.17) is 0 Å². The topological polar surface area (TPSA) is 79.3 Å². The van der Waals surface area contributed by atoms with E-state index in [0.29, 0.717) is 11.2 Å². The van der Waals surface area contributed by atoms with Crippen LogP contribution in [0.4, 0.5) is 0 Å². The third-order valence-electron chi connectivity index (χ3n) is 6.26. The molecule has 0 bridgehead atoms. The Bertz CT molecular complexity index is 1050. The average Bonchev–Trinajstić information content (AvgIpc) is 3.24. The molecule has 2 saturated carbocycles. The standard InChI is InChI=1S/C19H20N4O2.C6H12/c24-18-10-9-17-20-12-16(23(17)22-18)13-5-4-6-14(11-13)19(25)21-15-7-2-1-3-8-15;1-2-4-6-5-3-1/h4-6,9-12,15H,1-3,7-8H2,(H,21,25)(H,22,24);1-6H2. The molecule has 0 atom stereocenters. The molecule has 3 aromatic rings. The van der Waals surface area contributed by atoms with E-state index in [9.17, 15) is 9.59 Å². The molecule has 0 spiro atoms. The number of amides is 1. The Morgan fingerprint density at radius 3 is 2.32 bits per heavy atom. The zero-order chi connectivity index (χ0) is 21.5. The minimum absolute atomic E-state index is 0.0453. The minimum atomic E-state index is -0.196. The van der Waals surface area contributed by atoms with Crippen LogP contribution in [-0.4, -0.2) is 26.5 Å². The number of fused-ring (bicyclic) bond motifs is 1. The Kier molecular flexibility index (Phi) is 7.18. The first-order valence-corrected chi connectivity index (χ1v) is 11.7. The second-order valence-electron chi connectivity index (χ2n) is 8.66. The van der Waals surface area contributed by atoms with Crippen molar-refractivity contribution in [2.45, 2.75) is 76.7 Å². The summed E-state index contributed by atoms with van der Waals surface area (Å²) < 4.78 is 1.64. The average molecular weight is 421 g/mol. The van der Waals surface area contributed by atoms with Gasteiger partial charge in [-0.1, -0.05) is 69.9 Å². The second-order valence-corrected chi connectivity index (χ2v) is 8.66. The lowest BCUT2D eigenvalue weighted by atomic mass is 9.95. The second kappa shape index (κ2) is 10.4. The largest absolute Gasteiger partial charge is 0.349 e. The number of rotatable bonds is 3. The summed E-state index contributed by atoms with van der Waals surface area (Å²) in [6.07, 6.45) is 16.4. The maximum atomic E-state index is 12.6. The number of hydrogen-bond donors (Lipinski definition) is 2. The number of carbonyl (C=O) groups is 1. The fraction of sp³-hybridized carbons (Fsp3) is 0.480. The minimum Gasteiger partial charge on any atom is -0.349 e. The summed E-state index contributed by atoms with van der Waals surface area (Å²) in [6, 6.07) is 10.8. The maximum absolute atomic E-state index is 12.6. The van der Waals surface area contributed by atoms with E-state index >= 15 is 0 Å². The van der Waals surface area contributed by atoms with Crippen molar-refractivity contribution >= 4 is 11.6 Å². The Labute approximate surface area is 183 Å². The normalized spacial score (nSPS) is 17.0. The molecule has 0 saturated heterocycles. The monoisotopic (exact) mass is 420 g/mol. The molecular weight excluding hydrogens is 388 g/mol. The molecule has 31 heavy (non-hydrogen) atoms. The molecule has 6 heteroatoms. The van der Waals surface area contributed by atoms with Crippen LogP contribution in [0.25, 0.3) is 16.9 Å². The zero-order valence-electron chi connectivity index (χ0n) is 18.1. The van der Waals surface area contributed by atoms with Crippen LogP contribution in [0.1, 0.15) is 81.0 Å². The van der Waals surface area contributed by atoms with Crippen molar-refractivity contribution in [1.29, 1.82) is 0 Å². The SMILES string of the molecule is C1CCCCC1.O=C(NC1CCCCC1)c1cccc(-c2cnc3ccc(=O)[nH]n23)c1. The number of imidazole rings is 1. The highest BCUT2D eigenvalue weighted by atomic mass is 16.1. The summed E-state index contributed by atoms with van der Waals surface area (Å²) in [7, 11) is 0. The molecule has 2 fully saturated rings. The van der Waals surface area contributed by atoms with E-state index in [-0.39, 0.29) is 17.5 Å². The van der Waals surface area contributed by atoms with Gasteiger partial charge < -0.3 is 5.32 Å². The first kappa shape index (κ1) is 21.3. The van der Waals surface area contributed by atoms with Crippen LogP contribution in [0.15, 0.2) is 47.4 Å². The van der Waals surface area contributed by atoms with E-state index in [1.54, 1.807) is 16.8 Å². The van der Waals surface area contributed by atoms with Crippen molar-refractivity contribution in [3.63, 3.8) is 0 Å². The van der Waals surface area contributed by atoms with Gasteiger partial charge in [-0.2, -0.15) is 0 Å². The summed E-state index contributed by atoms with van der Waals surface area (Å²) in [6.45, 7) is 0. The van der Waals surface area contributed by atoms with Crippen molar-refractivity contribution in [3.8, 4) is 11.3 Å². The highest BCUT2D eigenvalue weighted by Crippen LogP contribution is 2.22. The molecule has 2 aliphatic rings. The van der Waals surface area contributed by atoms with Gasteiger partial charge in [-0.25, -0.2) is 9.50 Å². The molecule has 0 radical (unpaired) electrons. The van der Waals surface area contributed by atoms with Crippen molar-refractivity contribution in [3.05, 3.63) is 58.5 Å².